The summed E-state index contributed by atoms with van der Waals surface area (Å²) in [6.45, 7) is 11.9. The molecule has 0 unspecified atom stereocenters. The molecular weight excluding hydrogens is 408 g/mol. The van der Waals surface area contributed by atoms with Crippen molar-refractivity contribution in [3.8, 4) is 5.69 Å². The molecule has 5 heteroatoms. The summed E-state index contributed by atoms with van der Waals surface area (Å²) in [7, 11) is 0. The number of hydrogen-bond donors (Lipinski definition) is 2. The van der Waals surface area contributed by atoms with Crippen LogP contribution in [0.5, 0.6) is 0 Å². The number of unbranched alkanes of at least 4 members (excludes halogenated alkanes) is 2. The summed E-state index contributed by atoms with van der Waals surface area (Å²) in [5.41, 5.74) is 2.98. The molecule has 172 valence electrons. The predicted molar refractivity (Wildman–Crippen MR) is 137 cm³/mol. The normalized spacial score (nSPS) is 12.3. The smallest absolute Gasteiger partial charge is 0.279 e. The second-order valence-electron chi connectivity index (χ2n) is 8.81. The molecule has 0 atom stereocenters. The van der Waals surface area contributed by atoms with Crippen LogP contribution in [0.4, 0.5) is 0 Å². The highest BCUT2D eigenvalue weighted by Crippen LogP contribution is 2.21. The van der Waals surface area contributed by atoms with E-state index in [0.29, 0.717) is 10.6 Å². The third-order valence-corrected chi connectivity index (χ3v) is 6.30. The van der Waals surface area contributed by atoms with Crippen molar-refractivity contribution in [2.24, 2.45) is 0 Å². The van der Waals surface area contributed by atoms with Gasteiger partial charge in [0.2, 0.25) is 0 Å². The number of fused-ring (bicyclic) bond motifs is 1. The summed E-state index contributed by atoms with van der Waals surface area (Å²) in [6.07, 6.45) is 9.09. The Bertz CT molecular complexity index is 1350. The van der Waals surface area contributed by atoms with Crippen molar-refractivity contribution in [2.45, 2.75) is 46.2 Å². The molecule has 2 N–H and O–H groups in total. The number of H-pyrrole nitrogens is 1. The van der Waals surface area contributed by atoms with E-state index in [1.165, 1.54) is 44.3 Å². The molecule has 0 bridgehead atoms. The van der Waals surface area contributed by atoms with Gasteiger partial charge in [0.1, 0.15) is 0 Å². The fourth-order valence-corrected chi connectivity index (χ4v) is 4.46. The third kappa shape index (κ3) is 5.04. The highest BCUT2D eigenvalue weighted by molar-refractivity contribution is 5.89. The zero-order valence-electron chi connectivity index (χ0n) is 19.8. The monoisotopic (exact) mass is 443 g/mol. The second-order valence-corrected chi connectivity index (χ2v) is 8.81. The highest BCUT2D eigenvalue weighted by Gasteiger charge is 2.13. The fourth-order valence-electron chi connectivity index (χ4n) is 4.46. The molecular formula is C28H35N4O+. The molecule has 33 heavy (non-hydrogen) atoms. The first-order valence-corrected chi connectivity index (χ1v) is 12.1. The van der Waals surface area contributed by atoms with Gasteiger partial charge in [-0.3, -0.25) is 14.5 Å². The number of rotatable bonds is 10. The van der Waals surface area contributed by atoms with Crippen LogP contribution in [0.15, 0.2) is 65.6 Å². The average molecular weight is 444 g/mol. The van der Waals surface area contributed by atoms with Crippen molar-refractivity contribution < 1.29 is 4.90 Å². The number of nitrogens with zero attached hydrogens (tertiary/aromatic N) is 2. The Morgan fingerprint density at radius 1 is 0.970 bits per heavy atom. The van der Waals surface area contributed by atoms with Gasteiger partial charge >= 0.3 is 0 Å². The van der Waals surface area contributed by atoms with E-state index in [-0.39, 0.29) is 5.56 Å². The molecule has 0 amide bonds. The van der Waals surface area contributed by atoms with Crippen molar-refractivity contribution in [1.82, 2.24) is 14.3 Å². The van der Waals surface area contributed by atoms with Gasteiger partial charge in [0.15, 0.2) is 6.67 Å². The molecule has 4 rings (SSSR count). The first-order valence-electron chi connectivity index (χ1n) is 12.1. The van der Waals surface area contributed by atoms with Crippen LogP contribution < -0.4 is 21.0 Å². The van der Waals surface area contributed by atoms with E-state index in [9.17, 15) is 4.79 Å². The minimum absolute atomic E-state index is 0.0822. The topological polar surface area (TPSA) is 47.2 Å². The molecule has 0 aliphatic heterocycles. The van der Waals surface area contributed by atoms with Gasteiger partial charge in [-0.2, -0.15) is 0 Å². The van der Waals surface area contributed by atoms with Crippen LogP contribution in [-0.4, -0.2) is 27.4 Å². The van der Waals surface area contributed by atoms with E-state index in [1.54, 1.807) is 9.58 Å². The Morgan fingerprint density at radius 2 is 1.64 bits per heavy atom. The molecule has 0 saturated carbocycles. The van der Waals surface area contributed by atoms with Crippen molar-refractivity contribution in [1.29, 1.82) is 0 Å². The number of quaternary nitrogens is 1. The Hall–Kier alpha value is -3.31. The van der Waals surface area contributed by atoms with Crippen LogP contribution in [-0.2, 0) is 6.67 Å². The van der Waals surface area contributed by atoms with Gasteiger partial charge in [-0.15, -0.1) is 0 Å². The highest BCUT2D eigenvalue weighted by atomic mass is 16.1. The first kappa shape index (κ1) is 22.9. The molecule has 0 fully saturated rings. The third-order valence-electron chi connectivity index (χ3n) is 6.30. The standard InChI is InChI=1S/C28H34N4O/c1-4-6-17-30(18-7-5-2)21-31-20-23(25-15-11-12-16-27(25)31)19-26-22(3)29-32(28(26)33)24-13-9-8-10-14-24/h8-16,19-20,29H,3-7,17-18,21H2,1-2H3/p+1/b26-19+. The molecule has 2 aromatic heterocycles. The van der Waals surface area contributed by atoms with Crippen LogP contribution in [0.1, 0.15) is 45.1 Å². The van der Waals surface area contributed by atoms with E-state index in [1.807, 2.05) is 36.4 Å². The minimum Gasteiger partial charge on any atom is -0.318 e. The molecule has 2 heterocycles. The summed E-state index contributed by atoms with van der Waals surface area (Å²) < 4.78 is 3.92. The van der Waals surface area contributed by atoms with E-state index in [2.05, 4.69) is 60.6 Å². The zero-order chi connectivity index (χ0) is 23.2. The van der Waals surface area contributed by atoms with Gasteiger partial charge < -0.3 is 4.90 Å². The summed E-state index contributed by atoms with van der Waals surface area (Å²) in [4.78, 5) is 14.8. The Labute approximate surface area is 195 Å². The number of hydrogen-bond acceptors (Lipinski definition) is 1. The van der Waals surface area contributed by atoms with Gasteiger partial charge in [-0.1, -0.05) is 69.7 Å². The van der Waals surface area contributed by atoms with E-state index >= 15 is 0 Å². The predicted octanol–water partition coefficient (Wildman–Crippen LogP) is 2.80. The zero-order valence-corrected chi connectivity index (χ0v) is 19.8. The Morgan fingerprint density at radius 3 is 2.33 bits per heavy atom. The van der Waals surface area contributed by atoms with Crippen LogP contribution >= 0.6 is 0 Å². The van der Waals surface area contributed by atoms with Gasteiger partial charge in [0.25, 0.3) is 5.56 Å². The second kappa shape index (κ2) is 10.5. The first-order chi connectivity index (χ1) is 16.1. The van der Waals surface area contributed by atoms with E-state index in [4.69, 9.17) is 0 Å². The summed E-state index contributed by atoms with van der Waals surface area (Å²) in [5.74, 6) is 0. The molecule has 0 radical (unpaired) electrons. The molecule has 0 aliphatic carbocycles. The van der Waals surface area contributed by atoms with Crippen molar-refractivity contribution >= 4 is 23.6 Å². The molecule has 0 aliphatic rings. The largest absolute Gasteiger partial charge is 0.318 e. The van der Waals surface area contributed by atoms with E-state index in [0.717, 1.165) is 23.3 Å². The van der Waals surface area contributed by atoms with Crippen LogP contribution in [0.2, 0.25) is 0 Å². The van der Waals surface area contributed by atoms with Crippen LogP contribution in [0, 0.1) is 0 Å². The molecule has 4 aromatic rings. The number of para-hydroxylation sites is 2. The molecule has 0 spiro atoms. The number of aromatic nitrogens is 3. The fraction of sp³-hybridized carbons (Fsp3) is 0.321. The summed E-state index contributed by atoms with van der Waals surface area (Å²) >= 11 is 0. The maximum absolute atomic E-state index is 13.2. The van der Waals surface area contributed by atoms with Crippen molar-refractivity contribution in [3.63, 3.8) is 0 Å². The SMILES string of the molecule is C=c1[nH]n(-c2ccccc2)c(=O)/c1=C/c1cn(C[NH+](CCCC)CCCC)c2ccccc12. The lowest BCUT2D eigenvalue weighted by atomic mass is 10.1. The van der Waals surface area contributed by atoms with Gasteiger partial charge in [-0.05, 0) is 37.1 Å². The molecule has 5 nitrogen and oxygen atoms in total. The van der Waals surface area contributed by atoms with Crippen molar-refractivity contribution in [2.75, 3.05) is 13.1 Å². The Balaban J connectivity index is 1.76. The lowest BCUT2D eigenvalue weighted by molar-refractivity contribution is -0.923. The minimum atomic E-state index is -0.0822. The number of benzene rings is 2. The maximum Gasteiger partial charge on any atom is 0.279 e. The van der Waals surface area contributed by atoms with Gasteiger partial charge in [0.05, 0.1) is 34.9 Å². The quantitative estimate of drug-likeness (QED) is 0.389. The maximum atomic E-state index is 13.2. The lowest BCUT2D eigenvalue weighted by Crippen LogP contribution is -3.11. The summed E-state index contributed by atoms with van der Waals surface area (Å²) in [5, 5.41) is 5.52. The van der Waals surface area contributed by atoms with Crippen molar-refractivity contribution in [3.05, 3.63) is 87.3 Å². The molecule has 0 saturated heterocycles. The summed E-state index contributed by atoms with van der Waals surface area (Å²) in [6, 6.07) is 18.1. The van der Waals surface area contributed by atoms with E-state index < -0.39 is 0 Å². The van der Waals surface area contributed by atoms with Crippen LogP contribution in [0.25, 0.3) is 29.2 Å². The lowest BCUT2D eigenvalue weighted by Gasteiger charge is -2.20. The average Bonchev–Trinajstić information content (AvgIpc) is 3.33. The van der Waals surface area contributed by atoms with Crippen LogP contribution in [0.3, 0.4) is 0 Å². The van der Waals surface area contributed by atoms with Gasteiger partial charge in [-0.25, -0.2) is 4.68 Å². The number of nitrogens with one attached hydrogen (secondary N) is 2. The Kier molecular flexibility index (Phi) is 7.30. The molecule has 2 aromatic carbocycles. The number of aromatic amines is 1. The van der Waals surface area contributed by atoms with Gasteiger partial charge in [0, 0.05) is 17.1 Å².